The number of ether oxygens (including phenoxy) is 4. The number of carbonyl (C=O) groups is 2. The Morgan fingerprint density at radius 1 is 1.00 bits per heavy atom. The number of hydrogen-bond donors (Lipinski definition) is 0. The van der Waals surface area contributed by atoms with Gasteiger partial charge in [0.05, 0.1) is 18.6 Å². The van der Waals surface area contributed by atoms with Crippen molar-refractivity contribution >= 4 is 11.9 Å². The first-order valence-corrected chi connectivity index (χ1v) is 7.46. The van der Waals surface area contributed by atoms with E-state index in [-0.39, 0.29) is 37.8 Å². The Bertz CT molecular complexity index is 366. The van der Waals surface area contributed by atoms with Gasteiger partial charge in [-0.1, -0.05) is 6.08 Å². The minimum absolute atomic E-state index is 0.0127. The quantitative estimate of drug-likeness (QED) is 0.522. The summed E-state index contributed by atoms with van der Waals surface area (Å²) in [4.78, 5) is 22.9. The van der Waals surface area contributed by atoms with Crippen LogP contribution in [0.2, 0.25) is 0 Å². The van der Waals surface area contributed by atoms with Crippen LogP contribution >= 0.6 is 0 Å². The molecule has 0 aromatic heterocycles. The van der Waals surface area contributed by atoms with E-state index in [1.165, 1.54) is 12.2 Å². The summed E-state index contributed by atoms with van der Waals surface area (Å²) in [6, 6.07) is 0. The summed E-state index contributed by atoms with van der Waals surface area (Å²) < 4.78 is 20.8. The van der Waals surface area contributed by atoms with Crippen molar-refractivity contribution < 1.29 is 28.5 Å². The van der Waals surface area contributed by atoms with Gasteiger partial charge in [0.2, 0.25) is 0 Å². The van der Waals surface area contributed by atoms with Crippen molar-refractivity contribution in [1.82, 2.24) is 0 Å². The zero-order valence-corrected chi connectivity index (χ0v) is 12.1. The third-order valence-corrected chi connectivity index (χ3v) is 3.43. The Balaban J connectivity index is 1.53. The summed E-state index contributed by atoms with van der Waals surface area (Å²) >= 11 is 0. The lowest BCUT2D eigenvalue weighted by Gasteiger charge is -2.09. The first-order chi connectivity index (χ1) is 10.2. The molecule has 21 heavy (non-hydrogen) atoms. The van der Waals surface area contributed by atoms with Gasteiger partial charge in [-0.05, 0) is 25.7 Å². The molecule has 2 rings (SSSR count). The molecule has 0 unspecified atom stereocenters. The molecule has 6 heteroatoms. The van der Waals surface area contributed by atoms with E-state index >= 15 is 0 Å². The van der Waals surface area contributed by atoms with Crippen LogP contribution in [-0.2, 0) is 28.5 Å². The van der Waals surface area contributed by atoms with Crippen LogP contribution in [0, 0.1) is 0 Å². The Labute approximate surface area is 124 Å². The summed E-state index contributed by atoms with van der Waals surface area (Å²) in [5.41, 5.74) is 0. The fourth-order valence-corrected chi connectivity index (χ4v) is 2.27. The van der Waals surface area contributed by atoms with Gasteiger partial charge in [-0.15, -0.1) is 0 Å². The van der Waals surface area contributed by atoms with Crippen molar-refractivity contribution in [2.24, 2.45) is 0 Å². The number of carbonyl (C=O) groups excluding carboxylic acids is 2. The standard InChI is InChI=1S/C15H22O6/c16-14(20-10-12-4-2-8-18-12)6-1-7-15(17)21-11-13-5-3-9-19-13/h1,6,12-13H,2-5,7-11H2/b6-1+/t12-,13+/m0/s1. The third-order valence-electron chi connectivity index (χ3n) is 3.43. The van der Waals surface area contributed by atoms with E-state index in [0.717, 1.165) is 38.9 Å². The van der Waals surface area contributed by atoms with Gasteiger partial charge in [0.1, 0.15) is 13.2 Å². The van der Waals surface area contributed by atoms with E-state index in [1.807, 2.05) is 0 Å². The molecule has 0 radical (unpaired) electrons. The molecule has 2 aliphatic heterocycles. The molecular formula is C15H22O6. The first-order valence-electron chi connectivity index (χ1n) is 7.46. The average molecular weight is 298 g/mol. The second-order valence-corrected chi connectivity index (χ2v) is 5.19. The lowest BCUT2D eigenvalue weighted by molar-refractivity contribution is -0.145. The number of rotatable bonds is 7. The summed E-state index contributed by atoms with van der Waals surface area (Å²) in [6.07, 6.45) is 6.67. The fourth-order valence-electron chi connectivity index (χ4n) is 2.27. The Morgan fingerprint density at radius 3 is 2.19 bits per heavy atom. The predicted molar refractivity (Wildman–Crippen MR) is 73.6 cm³/mol. The van der Waals surface area contributed by atoms with Crippen LogP contribution < -0.4 is 0 Å². The van der Waals surface area contributed by atoms with E-state index < -0.39 is 5.97 Å². The lowest BCUT2D eigenvalue weighted by atomic mass is 10.2. The molecule has 2 saturated heterocycles. The molecule has 0 amide bonds. The highest BCUT2D eigenvalue weighted by atomic mass is 16.6. The van der Waals surface area contributed by atoms with Gasteiger partial charge in [0.25, 0.3) is 0 Å². The molecule has 0 aliphatic carbocycles. The zero-order valence-electron chi connectivity index (χ0n) is 12.1. The largest absolute Gasteiger partial charge is 0.463 e. The van der Waals surface area contributed by atoms with E-state index in [1.54, 1.807) is 0 Å². The van der Waals surface area contributed by atoms with Gasteiger partial charge in [0, 0.05) is 19.3 Å². The maximum Gasteiger partial charge on any atom is 0.330 e. The van der Waals surface area contributed by atoms with Gasteiger partial charge in [-0.2, -0.15) is 0 Å². The zero-order chi connectivity index (χ0) is 14.9. The Hall–Kier alpha value is -1.40. The van der Waals surface area contributed by atoms with Crippen LogP contribution in [0.15, 0.2) is 12.2 Å². The minimum Gasteiger partial charge on any atom is -0.463 e. The SMILES string of the molecule is O=C(/C=C/CC(=O)OC[C@H]1CCCO1)OC[C@@H]1CCCO1. The highest BCUT2D eigenvalue weighted by molar-refractivity contribution is 5.83. The van der Waals surface area contributed by atoms with Crippen molar-refractivity contribution in [2.45, 2.75) is 44.3 Å². The van der Waals surface area contributed by atoms with Crippen LogP contribution in [0.25, 0.3) is 0 Å². The summed E-state index contributed by atoms with van der Waals surface area (Å²) in [5.74, 6) is -0.828. The molecule has 0 N–H and O–H groups in total. The van der Waals surface area contributed by atoms with Crippen LogP contribution in [-0.4, -0.2) is 50.6 Å². The van der Waals surface area contributed by atoms with E-state index in [2.05, 4.69) is 0 Å². The predicted octanol–water partition coefficient (Wildman–Crippen LogP) is 1.38. The molecule has 0 bridgehead atoms. The summed E-state index contributed by atoms with van der Waals surface area (Å²) in [6.45, 7) is 2.02. The molecule has 0 aromatic carbocycles. The molecule has 0 aromatic rings. The van der Waals surface area contributed by atoms with Crippen molar-refractivity contribution in [3.8, 4) is 0 Å². The van der Waals surface area contributed by atoms with Crippen LogP contribution in [0.4, 0.5) is 0 Å². The minimum atomic E-state index is -0.461. The molecule has 2 aliphatic rings. The van der Waals surface area contributed by atoms with E-state index in [0.29, 0.717) is 0 Å². The summed E-state index contributed by atoms with van der Waals surface area (Å²) in [7, 11) is 0. The fraction of sp³-hybridized carbons (Fsp3) is 0.733. The molecule has 2 heterocycles. The second kappa shape index (κ2) is 8.79. The normalized spacial score (nSPS) is 25.3. The van der Waals surface area contributed by atoms with Crippen molar-refractivity contribution in [2.75, 3.05) is 26.4 Å². The average Bonchev–Trinajstić information content (AvgIpc) is 3.16. The van der Waals surface area contributed by atoms with Gasteiger partial charge >= 0.3 is 11.9 Å². The first kappa shape index (κ1) is 16.0. The molecule has 2 atom stereocenters. The summed E-state index contributed by atoms with van der Waals surface area (Å²) in [5, 5.41) is 0. The number of esters is 2. The van der Waals surface area contributed by atoms with Crippen molar-refractivity contribution in [1.29, 1.82) is 0 Å². The van der Waals surface area contributed by atoms with Crippen LogP contribution in [0.1, 0.15) is 32.1 Å². The maximum absolute atomic E-state index is 11.4. The Morgan fingerprint density at radius 2 is 1.62 bits per heavy atom. The number of hydrogen-bond acceptors (Lipinski definition) is 6. The molecule has 2 fully saturated rings. The van der Waals surface area contributed by atoms with Crippen molar-refractivity contribution in [3.05, 3.63) is 12.2 Å². The topological polar surface area (TPSA) is 71.1 Å². The molecule has 0 saturated carbocycles. The van der Waals surface area contributed by atoms with E-state index in [4.69, 9.17) is 18.9 Å². The molecule has 0 spiro atoms. The van der Waals surface area contributed by atoms with Gasteiger partial charge < -0.3 is 18.9 Å². The smallest absolute Gasteiger partial charge is 0.330 e. The second-order valence-electron chi connectivity index (χ2n) is 5.19. The molecule has 118 valence electrons. The highest BCUT2D eigenvalue weighted by Gasteiger charge is 2.18. The third kappa shape index (κ3) is 6.27. The lowest BCUT2D eigenvalue weighted by Crippen LogP contribution is -2.17. The Kier molecular flexibility index (Phi) is 6.69. The van der Waals surface area contributed by atoms with Gasteiger partial charge in [0.15, 0.2) is 0 Å². The van der Waals surface area contributed by atoms with Crippen LogP contribution in [0.3, 0.4) is 0 Å². The maximum atomic E-state index is 11.4. The van der Waals surface area contributed by atoms with Gasteiger partial charge in [-0.25, -0.2) is 4.79 Å². The molecule has 6 nitrogen and oxygen atoms in total. The van der Waals surface area contributed by atoms with Gasteiger partial charge in [-0.3, -0.25) is 4.79 Å². The molecular weight excluding hydrogens is 276 g/mol. The van der Waals surface area contributed by atoms with Crippen molar-refractivity contribution in [3.63, 3.8) is 0 Å². The van der Waals surface area contributed by atoms with Crippen LogP contribution in [0.5, 0.6) is 0 Å². The highest BCUT2D eigenvalue weighted by Crippen LogP contribution is 2.13. The van der Waals surface area contributed by atoms with E-state index in [9.17, 15) is 9.59 Å². The monoisotopic (exact) mass is 298 g/mol.